The zero-order chi connectivity index (χ0) is 15.0. The van der Waals surface area contributed by atoms with Crippen molar-refractivity contribution in [2.75, 3.05) is 17.2 Å². The molecule has 1 aliphatic heterocycles. The average molecular weight is 318 g/mol. The van der Waals surface area contributed by atoms with E-state index in [4.69, 9.17) is 5.73 Å². The molecule has 2 rings (SSSR count). The smallest absolute Gasteiger partial charge is 0.241 e. The maximum absolute atomic E-state index is 12.4. The van der Waals surface area contributed by atoms with Crippen LogP contribution in [-0.4, -0.2) is 34.4 Å². The van der Waals surface area contributed by atoms with Gasteiger partial charge in [-0.15, -0.1) is 0 Å². The topological polar surface area (TPSA) is 106 Å². The summed E-state index contributed by atoms with van der Waals surface area (Å²) in [6.07, 6.45) is 0.866. The van der Waals surface area contributed by atoms with Gasteiger partial charge in [0.1, 0.15) is 0 Å². The summed E-state index contributed by atoms with van der Waals surface area (Å²) >= 11 is 0. The molecule has 1 heterocycles. The molecule has 112 valence electrons. The Hall–Kier alpha value is -1.12. The molecule has 8 heteroatoms. The highest BCUT2D eigenvalue weighted by molar-refractivity contribution is 7.92. The summed E-state index contributed by atoms with van der Waals surface area (Å²) in [5.41, 5.74) is 6.66. The van der Waals surface area contributed by atoms with Crippen LogP contribution in [0.3, 0.4) is 0 Å². The minimum atomic E-state index is -3.75. The van der Waals surface area contributed by atoms with E-state index in [9.17, 15) is 16.8 Å². The Morgan fingerprint density at radius 1 is 1.40 bits per heavy atom. The van der Waals surface area contributed by atoms with E-state index in [0.29, 0.717) is 24.1 Å². The van der Waals surface area contributed by atoms with Crippen LogP contribution in [0.4, 0.5) is 5.69 Å². The van der Waals surface area contributed by atoms with E-state index in [1.54, 1.807) is 12.1 Å². The van der Waals surface area contributed by atoms with Crippen LogP contribution in [0.2, 0.25) is 0 Å². The van der Waals surface area contributed by atoms with E-state index in [1.165, 1.54) is 6.07 Å². The Morgan fingerprint density at radius 3 is 2.65 bits per heavy atom. The summed E-state index contributed by atoms with van der Waals surface area (Å²) in [6, 6.07) is 4.17. The van der Waals surface area contributed by atoms with Crippen LogP contribution in [-0.2, 0) is 26.3 Å². The van der Waals surface area contributed by atoms with E-state index >= 15 is 0 Å². The molecule has 0 bridgehead atoms. The zero-order valence-corrected chi connectivity index (χ0v) is 12.8. The molecule has 1 fully saturated rings. The van der Waals surface area contributed by atoms with Gasteiger partial charge >= 0.3 is 0 Å². The Balaban J connectivity index is 2.29. The van der Waals surface area contributed by atoms with Crippen LogP contribution in [0.1, 0.15) is 18.9 Å². The highest BCUT2D eigenvalue weighted by Gasteiger charge is 2.32. The standard InChI is InChI=1S/C12H18N2O4S2/c1-2-9-3-4-10(13)7-12(9)20(17,18)14-11-5-6-19(15,16)8-11/h3-4,7,11,14H,2,5-6,8,13H2,1H3. The van der Waals surface area contributed by atoms with Gasteiger partial charge in [0, 0.05) is 11.7 Å². The predicted molar refractivity (Wildman–Crippen MR) is 77.6 cm³/mol. The fourth-order valence-corrected chi connectivity index (χ4v) is 5.68. The fraction of sp³-hybridized carbons (Fsp3) is 0.500. The molecular weight excluding hydrogens is 300 g/mol. The Morgan fingerprint density at radius 2 is 2.10 bits per heavy atom. The van der Waals surface area contributed by atoms with E-state index in [1.807, 2.05) is 6.92 Å². The number of hydrogen-bond donors (Lipinski definition) is 2. The van der Waals surface area contributed by atoms with E-state index in [2.05, 4.69) is 4.72 Å². The van der Waals surface area contributed by atoms with Crippen LogP contribution in [0.15, 0.2) is 23.1 Å². The summed E-state index contributed by atoms with van der Waals surface area (Å²) in [5, 5.41) is 0. The van der Waals surface area contributed by atoms with Gasteiger partial charge in [0.2, 0.25) is 10.0 Å². The molecule has 3 N–H and O–H groups in total. The minimum Gasteiger partial charge on any atom is -0.399 e. The number of sulfone groups is 1. The number of aryl methyl sites for hydroxylation is 1. The van der Waals surface area contributed by atoms with Crippen LogP contribution in [0.25, 0.3) is 0 Å². The lowest BCUT2D eigenvalue weighted by molar-refractivity contribution is 0.561. The Bertz CT molecular complexity index is 711. The van der Waals surface area contributed by atoms with Crippen molar-refractivity contribution in [3.05, 3.63) is 23.8 Å². The average Bonchev–Trinajstić information content (AvgIpc) is 2.68. The van der Waals surface area contributed by atoms with Crippen molar-refractivity contribution < 1.29 is 16.8 Å². The molecule has 1 unspecified atom stereocenters. The number of nitrogens with two attached hydrogens (primary N) is 1. The second-order valence-electron chi connectivity index (χ2n) is 4.94. The van der Waals surface area contributed by atoms with Crippen molar-refractivity contribution in [1.82, 2.24) is 4.72 Å². The van der Waals surface area contributed by atoms with Gasteiger partial charge in [-0.1, -0.05) is 13.0 Å². The lowest BCUT2D eigenvalue weighted by atomic mass is 10.1. The first kappa shape index (κ1) is 15.3. The summed E-state index contributed by atoms with van der Waals surface area (Å²) in [6.45, 7) is 1.85. The van der Waals surface area contributed by atoms with Crippen molar-refractivity contribution in [2.24, 2.45) is 0 Å². The molecule has 0 amide bonds. The van der Waals surface area contributed by atoms with Crippen LogP contribution in [0, 0.1) is 0 Å². The fourth-order valence-electron chi connectivity index (χ4n) is 2.28. The molecule has 0 radical (unpaired) electrons. The Labute approximate surface area is 119 Å². The maximum atomic E-state index is 12.4. The van der Waals surface area contributed by atoms with Crippen molar-refractivity contribution in [1.29, 1.82) is 0 Å². The van der Waals surface area contributed by atoms with Gasteiger partial charge in [0.25, 0.3) is 0 Å². The van der Waals surface area contributed by atoms with Crippen molar-refractivity contribution in [2.45, 2.75) is 30.7 Å². The van der Waals surface area contributed by atoms with Gasteiger partial charge in [-0.3, -0.25) is 0 Å². The van der Waals surface area contributed by atoms with Gasteiger partial charge in [-0.2, -0.15) is 0 Å². The summed E-state index contributed by atoms with van der Waals surface area (Å²) in [7, 11) is -6.88. The summed E-state index contributed by atoms with van der Waals surface area (Å²) in [4.78, 5) is 0.129. The quantitative estimate of drug-likeness (QED) is 0.776. The van der Waals surface area contributed by atoms with Crippen LogP contribution >= 0.6 is 0 Å². The van der Waals surface area contributed by atoms with Gasteiger partial charge < -0.3 is 5.73 Å². The Kier molecular flexibility index (Phi) is 4.08. The third-order valence-electron chi connectivity index (χ3n) is 3.32. The van der Waals surface area contributed by atoms with Crippen LogP contribution < -0.4 is 10.5 Å². The molecule has 0 saturated carbocycles. The molecule has 6 nitrogen and oxygen atoms in total. The number of hydrogen-bond acceptors (Lipinski definition) is 5. The summed E-state index contributed by atoms with van der Waals surface area (Å²) in [5.74, 6) is -0.117. The molecule has 1 aliphatic rings. The summed E-state index contributed by atoms with van der Waals surface area (Å²) < 4.78 is 50.0. The number of nitrogen functional groups attached to an aromatic ring is 1. The van der Waals surface area contributed by atoms with Gasteiger partial charge in [-0.05, 0) is 30.5 Å². The van der Waals surface area contributed by atoms with E-state index < -0.39 is 25.9 Å². The third-order valence-corrected chi connectivity index (χ3v) is 6.69. The molecule has 1 aromatic carbocycles. The molecule has 1 saturated heterocycles. The second kappa shape index (κ2) is 5.34. The van der Waals surface area contributed by atoms with Crippen molar-refractivity contribution in [3.63, 3.8) is 0 Å². The SMILES string of the molecule is CCc1ccc(N)cc1S(=O)(=O)NC1CCS(=O)(=O)C1. The van der Waals surface area contributed by atoms with Crippen molar-refractivity contribution in [3.8, 4) is 0 Å². The molecule has 1 aromatic rings. The first-order chi connectivity index (χ1) is 9.23. The van der Waals surface area contributed by atoms with Crippen LogP contribution in [0.5, 0.6) is 0 Å². The lowest BCUT2D eigenvalue weighted by Gasteiger charge is -2.14. The molecule has 1 atom stereocenters. The highest BCUT2D eigenvalue weighted by Crippen LogP contribution is 2.21. The highest BCUT2D eigenvalue weighted by atomic mass is 32.2. The number of benzene rings is 1. The van der Waals surface area contributed by atoms with Gasteiger partial charge in [0.15, 0.2) is 9.84 Å². The van der Waals surface area contributed by atoms with E-state index in [-0.39, 0.29) is 16.4 Å². The number of nitrogens with one attached hydrogen (secondary N) is 1. The zero-order valence-electron chi connectivity index (χ0n) is 11.2. The van der Waals surface area contributed by atoms with Crippen molar-refractivity contribution >= 4 is 25.5 Å². The number of anilines is 1. The van der Waals surface area contributed by atoms with E-state index in [0.717, 1.165) is 0 Å². The lowest BCUT2D eigenvalue weighted by Crippen LogP contribution is -2.36. The first-order valence-corrected chi connectivity index (χ1v) is 9.65. The largest absolute Gasteiger partial charge is 0.399 e. The number of sulfonamides is 1. The molecular formula is C12H18N2O4S2. The van der Waals surface area contributed by atoms with Gasteiger partial charge in [-0.25, -0.2) is 21.6 Å². The molecule has 20 heavy (non-hydrogen) atoms. The predicted octanol–water partition coefficient (Wildman–Crippen LogP) is 0.297. The molecule has 0 aliphatic carbocycles. The maximum Gasteiger partial charge on any atom is 0.241 e. The monoisotopic (exact) mass is 318 g/mol. The molecule has 0 aromatic heterocycles. The first-order valence-electron chi connectivity index (χ1n) is 6.34. The normalized spacial score (nSPS) is 21.9. The third kappa shape index (κ3) is 3.31. The second-order valence-corrected chi connectivity index (χ2v) is 8.85. The number of rotatable bonds is 4. The minimum absolute atomic E-state index is 0.0255. The molecule has 0 spiro atoms. The van der Waals surface area contributed by atoms with Gasteiger partial charge in [0.05, 0.1) is 16.4 Å².